The Hall–Kier alpha value is -4.74. The second-order valence-corrected chi connectivity index (χ2v) is 11.8. The third kappa shape index (κ3) is 6.27. The van der Waals surface area contributed by atoms with Crippen LogP contribution >= 0.6 is 0 Å². The van der Waals surface area contributed by atoms with Crippen LogP contribution in [0.3, 0.4) is 0 Å². The molecule has 4 atom stereocenters. The van der Waals surface area contributed by atoms with Gasteiger partial charge in [0.15, 0.2) is 0 Å². The summed E-state index contributed by atoms with van der Waals surface area (Å²) in [4.78, 5) is 39.8. The van der Waals surface area contributed by atoms with Gasteiger partial charge in [-0.3, -0.25) is 19.7 Å². The molecule has 0 radical (unpaired) electrons. The molecule has 0 spiro atoms. The van der Waals surface area contributed by atoms with Gasteiger partial charge in [0.2, 0.25) is 11.8 Å². The van der Waals surface area contributed by atoms with E-state index < -0.39 is 47.7 Å². The van der Waals surface area contributed by atoms with E-state index in [1.165, 1.54) is 24.3 Å². The maximum absolute atomic E-state index is 14.0. The zero-order chi connectivity index (χ0) is 31.7. The van der Waals surface area contributed by atoms with Crippen molar-refractivity contribution in [3.63, 3.8) is 0 Å². The molecule has 2 fully saturated rings. The van der Waals surface area contributed by atoms with Crippen LogP contribution < -0.4 is 9.64 Å². The van der Waals surface area contributed by atoms with Crippen molar-refractivity contribution in [3.05, 3.63) is 111 Å². The van der Waals surface area contributed by atoms with E-state index in [1.807, 2.05) is 49.4 Å². The Morgan fingerprint density at radius 1 is 1.07 bits per heavy atom. The summed E-state index contributed by atoms with van der Waals surface area (Å²) in [5.74, 6) is -1.90. The van der Waals surface area contributed by atoms with E-state index in [-0.39, 0.29) is 36.5 Å². The van der Waals surface area contributed by atoms with Crippen molar-refractivity contribution in [1.82, 2.24) is 0 Å². The number of carbonyl (C=O) groups excluding carboxylic acids is 2. The van der Waals surface area contributed by atoms with Crippen LogP contribution in [0.4, 0.5) is 11.4 Å². The molecule has 0 saturated carbocycles. The molecule has 10 nitrogen and oxygen atoms in total. The molecule has 45 heavy (non-hydrogen) atoms. The fourth-order valence-corrected chi connectivity index (χ4v) is 6.91. The molecule has 3 aromatic carbocycles. The fourth-order valence-electron chi connectivity index (χ4n) is 6.91. The van der Waals surface area contributed by atoms with E-state index in [9.17, 15) is 29.8 Å². The normalized spacial score (nSPS) is 23.2. The lowest BCUT2D eigenvalue weighted by Gasteiger charge is -2.43. The Kier molecular flexibility index (Phi) is 8.56. The topological polar surface area (TPSA) is 139 Å². The summed E-state index contributed by atoms with van der Waals surface area (Å²) in [7, 11) is -1.14. The van der Waals surface area contributed by atoms with Gasteiger partial charge < -0.3 is 19.5 Å². The number of amides is 2. The Bertz CT molecular complexity index is 1690. The van der Waals surface area contributed by atoms with Crippen molar-refractivity contribution < 1.29 is 34.0 Å². The number of benzene rings is 3. The summed E-state index contributed by atoms with van der Waals surface area (Å²) in [6.07, 6.45) is 3.02. The van der Waals surface area contributed by atoms with Gasteiger partial charge in [0.25, 0.3) is 5.69 Å². The fraction of sp³-hybridized carbons (Fsp3) is 0.294. The predicted molar refractivity (Wildman–Crippen MR) is 168 cm³/mol. The van der Waals surface area contributed by atoms with E-state index in [1.54, 1.807) is 18.2 Å². The highest BCUT2D eigenvalue weighted by Gasteiger charge is 2.57. The zero-order valence-corrected chi connectivity index (χ0v) is 24.7. The Balaban J connectivity index is 1.33. The minimum absolute atomic E-state index is 0.141. The van der Waals surface area contributed by atoms with Crippen LogP contribution in [-0.2, 0) is 14.2 Å². The van der Waals surface area contributed by atoms with Gasteiger partial charge in [-0.2, -0.15) is 0 Å². The van der Waals surface area contributed by atoms with E-state index in [2.05, 4.69) is 0 Å². The predicted octanol–water partition coefficient (Wildman–Crippen LogP) is 5.56. The molecular weight excluding hydrogens is 575 g/mol. The number of hydrogen-bond donors (Lipinski definition) is 2. The monoisotopic (exact) mass is 608 g/mol. The summed E-state index contributed by atoms with van der Waals surface area (Å²) < 4.78 is 12.3. The number of para-hydroxylation sites is 1. The summed E-state index contributed by atoms with van der Waals surface area (Å²) in [5, 5.41) is 32.2. The number of phenols is 1. The van der Waals surface area contributed by atoms with Crippen molar-refractivity contribution >= 4 is 36.4 Å². The highest BCUT2D eigenvalue weighted by Crippen LogP contribution is 2.51. The number of aromatic hydroxyl groups is 1. The lowest BCUT2D eigenvalue weighted by Crippen LogP contribution is -2.46. The average Bonchev–Trinajstić information content (AvgIpc) is 3.28. The number of rotatable bonds is 9. The smallest absolute Gasteiger partial charge is 0.455 e. The largest absolute Gasteiger partial charge is 0.508 e. The van der Waals surface area contributed by atoms with Gasteiger partial charge in [0.05, 0.1) is 28.6 Å². The summed E-state index contributed by atoms with van der Waals surface area (Å²) in [6.45, 7) is 2.17. The van der Waals surface area contributed by atoms with Crippen LogP contribution in [0.2, 0.25) is 6.32 Å². The number of imide groups is 1. The summed E-state index contributed by atoms with van der Waals surface area (Å²) in [6, 6.07) is 21.8. The van der Waals surface area contributed by atoms with Gasteiger partial charge in [0, 0.05) is 12.1 Å². The number of nitro benzene ring substituents is 1. The standard InChI is InChI=1S/C34H33BN2O8/c1-21(15-22-7-5-10-26(38)16-22)13-14-30-31-23(20-44-27-11-3-2-4-12-27)17-28-32(29(31)19-35(41)45-30)34(40)36(33(28)39)24-8-6-9-25(18-24)37(42)43/h2-12,15-16,18,28-30,32,38,41H,13-14,17,19-20H2,1H3/b21-15+/t28-,29+,30-,32-/m1/s1. The Labute approximate surface area is 260 Å². The molecule has 0 aromatic heterocycles. The van der Waals surface area contributed by atoms with Gasteiger partial charge in [0.1, 0.15) is 18.1 Å². The summed E-state index contributed by atoms with van der Waals surface area (Å²) >= 11 is 0. The number of fused-ring (bicyclic) bond motifs is 3. The van der Waals surface area contributed by atoms with Gasteiger partial charge in [-0.25, -0.2) is 4.90 Å². The first-order valence-corrected chi connectivity index (χ1v) is 15.0. The number of anilines is 1. The third-order valence-electron chi connectivity index (χ3n) is 8.85. The van der Waals surface area contributed by atoms with E-state index in [0.717, 1.165) is 27.2 Å². The maximum atomic E-state index is 14.0. The van der Waals surface area contributed by atoms with Crippen LogP contribution in [0.25, 0.3) is 6.08 Å². The molecule has 2 aliphatic heterocycles. The quantitative estimate of drug-likeness (QED) is 0.106. The number of allylic oxidation sites excluding steroid dienone is 1. The van der Waals surface area contributed by atoms with Gasteiger partial charge in [-0.15, -0.1) is 0 Å². The zero-order valence-electron chi connectivity index (χ0n) is 24.7. The molecule has 6 rings (SSSR count). The molecule has 3 aliphatic rings. The van der Waals surface area contributed by atoms with Crippen molar-refractivity contribution in [2.24, 2.45) is 17.8 Å². The minimum Gasteiger partial charge on any atom is -0.508 e. The number of nitrogens with zero attached hydrogens (tertiary/aromatic N) is 2. The average molecular weight is 608 g/mol. The van der Waals surface area contributed by atoms with Gasteiger partial charge >= 0.3 is 7.12 Å². The Morgan fingerprint density at radius 2 is 1.84 bits per heavy atom. The van der Waals surface area contributed by atoms with Crippen LogP contribution in [0, 0.1) is 27.9 Å². The maximum Gasteiger partial charge on any atom is 0.455 e. The minimum atomic E-state index is -1.14. The number of ether oxygens (including phenoxy) is 1. The van der Waals surface area contributed by atoms with Crippen molar-refractivity contribution in [1.29, 1.82) is 0 Å². The molecule has 230 valence electrons. The molecule has 1 aliphatic carbocycles. The molecule has 11 heteroatoms. The number of phenolic OH excluding ortho intramolecular Hbond substituents is 1. The first-order chi connectivity index (χ1) is 21.7. The van der Waals surface area contributed by atoms with Crippen LogP contribution in [0.15, 0.2) is 95.6 Å². The lowest BCUT2D eigenvalue weighted by molar-refractivity contribution is -0.384. The number of nitro groups is 1. The van der Waals surface area contributed by atoms with Crippen LogP contribution in [-0.4, -0.2) is 46.7 Å². The molecule has 2 heterocycles. The van der Waals surface area contributed by atoms with Crippen molar-refractivity contribution in [2.45, 2.75) is 38.6 Å². The number of hydrogen-bond acceptors (Lipinski definition) is 8. The van der Waals surface area contributed by atoms with Crippen molar-refractivity contribution in [3.8, 4) is 11.5 Å². The molecule has 3 aromatic rings. The molecule has 2 amide bonds. The van der Waals surface area contributed by atoms with Gasteiger partial charge in [-0.1, -0.05) is 48.0 Å². The van der Waals surface area contributed by atoms with Crippen molar-refractivity contribution in [2.75, 3.05) is 11.5 Å². The highest BCUT2D eigenvalue weighted by atomic mass is 16.6. The SMILES string of the molecule is C/C(=C\c1cccc(O)c1)CC[C@H]1OB(O)C[C@H]2C1=C(COc1ccccc1)C[C@H]1C(=O)N(c3cccc([N+](=O)[O-])c3)C(=O)[C@H]12. The van der Waals surface area contributed by atoms with Crippen LogP contribution in [0.5, 0.6) is 11.5 Å². The third-order valence-corrected chi connectivity index (χ3v) is 8.85. The highest BCUT2D eigenvalue weighted by molar-refractivity contribution is 6.43. The second-order valence-electron chi connectivity index (χ2n) is 11.8. The van der Waals surface area contributed by atoms with E-state index in [4.69, 9.17) is 9.39 Å². The van der Waals surface area contributed by atoms with E-state index >= 15 is 0 Å². The molecule has 0 bridgehead atoms. The van der Waals surface area contributed by atoms with Crippen LogP contribution in [0.1, 0.15) is 31.7 Å². The first-order valence-electron chi connectivity index (χ1n) is 15.0. The Morgan fingerprint density at radius 3 is 2.60 bits per heavy atom. The molecular formula is C34H33BN2O8. The molecule has 2 saturated heterocycles. The van der Waals surface area contributed by atoms with Gasteiger partial charge in [-0.05, 0) is 85.5 Å². The lowest BCUT2D eigenvalue weighted by atomic mass is 9.58. The first kappa shape index (κ1) is 30.3. The molecule has 2 N–H and O–H groups in total. The molecule has 0 unspecified atom stereocenters. The number of carbonyl (C=O) groups is 2. The summed E-state index contributed by atoms with van der Waals surface area (Å²) in [5.41, 5.74) is 3.59. The second kappa shape index (κ2) is 12.7. The number of non-ortho nitro benzene ring substituents is 1. The van der Waals surface area contributed by atoms with E-state index in [0.29, 0.717) is 18.6 Å².